The minimum absolute atomic E-state index is 0.353. The summed E-state index contributed by atoms with van der Waals surface area (Å²) in [4.78, 5) is 15.7. The van der Waals surface area contributed by atoms with Gasteiger partial charge in [-0.1, -0.05) is 0 Å². The Morgan fingerprint density at radius 1 is 1.50 bits per heavy atom. The molecular weight excluding hydrogens is 232 g/mol. The van der Waals surface area contributed by atoms with Crippen molar-refractivity contribution in [3.8, 4) is 0 Å². The smallest absolute Gasteiger partial charge is 0.339 e. The fourth-order valence-electron chi connectivity index (χ4n) is 1.53. The zero-order valence-electron chi connectivity index (χ0n) is 10.9. The van der Waals surface area contributed by atoms with E-state index in [1.807, 2.05) is 6.92 Å². The first kappa shape index (κ1) is 14.6. The summed E-state index contributed by atoms with van der Waals surface area (Å²) in [6.07, 6.45) is 2.61. The van der Waals surface area contributed by atoms with Crippen molar-refractivity contribution in [1.29, 1.82) is 0 Å². The van der Waals surface area contributed by atoms with Gasteiger partial charge in [0.2, 0.25) is 0 Å². The molecule has 0 unspecified atom stereocenters. The van der Waals surface area contributed by atoms with Gasteiger partial charge in [0.25, 0.3) is 0 Å². The Morgan fingerprint density at radius 3 is 3.06 bits per heavy atom. The molecule has 1 heterocycles. The van der Waals surface area contributed by atoms with Crippen LogP contribution in [0.5, 0.6) is 0 Å². The molecule has 5 heteroatoms. The van der Waals surface area contributed by atoms with E-state index >= 15 is 0 Å². The Labute approximate surface area is 108 Å². The molecule has 5 nitrogen and oxygen atoms in total. The van der Waals surface area contributed by atoms with Crippen molar-refractivity contribution in [3.63, 3.8) is 0 Å². The second kappa shape index (κ2) is 8.60. The van der Waals surface area contributed by atoms with Gasteiger partial charge in [0.15, 0.2) is 0 Å². The molecule has 18 heavy (non-hydrogen) atoms. The van der Waals surface area contributed by atoms with Crippen LogP contribution in [0.2, 0.25) is 0 Å². The lowest BCUT2D eigenvalue weighted by atomic mass is 10.2. The average Bonchev–Trinajstić information content (AvgIpc) is 2.42. The lowest BCUT2D eigenvalue weighted by Crippen LogP contribution is -2.19. The van der Waals surface area contributed by atoms with Gasteiger partial charge in [0, 0.05) is 26.0 Å². The largest absolute Gasteiger partial charge is 0.465 e. The summed E-state index contributed by atoms with van der Waals surface area (Å²) in [6.45, 7) is 4.85. The number of nitrogens with zero attached hydrogens (tertiary/aromatic N) is 1. The summed E-state index contributed by atoms with van der Waals surface area (Å²) in [5, 5.41) is 3.23. The first-order valence-electron chi connectivity index (χ1n) is 6.10. The molecule has 0 aliphatic rings. The molecule has 1 aromatic heterocycles. The van der Waals surface area contributed by atoms with Gasteiger partial charge in [0.05, 0.1) is 18.4 Å². The highest BCUT2D eigenvalue weighted by atomic mass is 16.5. The van der Waals surface area contributed by atoms with Crippen LogP contribution in [0.1, 0.15) is 29.4 Å². The van der Waals surface area contributed by atoms with Crippen molar-refractivity contribution >= 4 is 5.97 Å². The number of carbonyl (C=O) groups excluding carboxylic acids is 1. The van der Waals surface area contributed by atoms with Gasteiger partial charge in [-0.25, -0.2) is 4.79 Å². The molecule has 0 aliphatic carbocycles. The van der Waals surface area contributed by atoms with Crippen LogP contribution in [0, 0.1) is 0 Å². The fraction of sp³-hybridized carbons (Fsp3) is 0.538. The normalized spacial score (nSPS) is 10.3. The zero-order valence-corrected chi connectivity index (χ0v) is 10.9. The third-order valence-corrected chi connectivity index (χ3v) is 2.43. The van der Waals surface area contributed by atoms with E-state index in [0.29, 0.717) is 17.8 Å². The number of nitrogens with one attached hydrogen (secondary N) is 1. The van der Waals surface area contributed by atoms with Gasteiger partial charge in [-0.2, -0.15) is 0 Å². The van der Waals surface area contributed by atoms with Gasteiger partial charge in [-0.15, -0.1) is 0 Å². The molecule has 0 bridgehead atoms. The molecule has 0 spiro atoms. The predicted octanol–water partition coefficient (Wildman–Crippen LogP) is 1.38. The monoisotopic (exact) mass is 252 g/mol. The van der Waals surface area contributed by atoms with Crippen LogP contribution >= 0.6 is 0 Å². The number of rotatable bonds is 8. The SMILES string of the molecule is CCOCCCNCc1ncccc1C(=O)OC. The Morgan fingerprint density at radius 2 is 2.33 bits per heavy atom. The quantitative estimate of drug-likeness (QED) is 0.559. The van der Waals surface area contributed by atoms with E-state index in [4.69, 9.17) is 9.47 Å². The maximum absolute atomic E-state index is 11.5. The molecule has 0 fully saturated rings. The Balaban J connectivity index is 2.39. The van der Waals surface area contributed by atoms with Gasteiger partial charge >= 0.3 is 5.97 Å². The molecule has 0 amide bonds. The summed E-state index contributed by atoms with van der Waals surface area (Å²) in [5.74, 6) is -0.353. The zero-order chi connectivity index (χ0) is 13.2. The molecule has 0 saturated carbocycles. The highest BCUT2D eigenvalue weighted by Crippen LogP contribution is 2.06. The van der Waals surface area contributed by atoms with Crippen molar-refractivity contribution in [2.75, 3.05) is 26.9 Å². The summed E-state index contributed by atoms with van der Waals surface area (Å²) >= 11 is 0. The summed E-state index contributed by atoms with van der Waals surface area (Å²) in [5.41, 5.74) is 1.22. The van der Waals surface area contributed by atoms with Gasteiger partial charge < -0.3 is 14.8 Å². The van der Waals surface area contributed by atoms with E-state index in [1.54, 1.807) is 18.3 Å². The number of esters is 1. The number of hydrogen-bond donors (Lipinski definition) is 1. The highest BCUT2D eigenvalue weighted by molar-refractivity contribution is 5.90. The second-order valence-electron chi connectivity index (χ2n) is 3.72. The van der Waals surface area contributed by atoms with E-state index in [1.165, 1.54) is 7.11 Å². The first-order chi connectivity index (χ1) is 8.79. The van der Waals surface area contributed by atoms with Crippen molar-refractivity contribution in [2.24, 2.45) is 0 Å². The molecule has 0 saturated heterocycles. The van der Waals surface area contributed by atoms with Crippen molar-refractivity contribution < 1.29 is 14.3 Å². The number of ether oxygens (including phenoxy) is 2. The lowest BCUT2D eigenvalue weighted by molar-refractivity contribution is 0.0598. The summed E-state index contributed by atoms with van der Waals surface area (Å²) in [6, 6.07) is 3.45. The number of carbonyl (C=O) groups is 1. The Hall–Kier alpha value is -1.46. The Kier molecular flexibility index (Phi) is 6.98. The third kappa shape index (κ3) is 4.81. The number of pyridine rings is 1. The maximum atomic E-state index is 11.5. The molecule has 0 aromatic carbocycles. The fourth-order valence-corrected chi connectivity index (χ4v) is 1.53. The van der Waals surface area contributed by atoms with Crippen LogP contribution in [0.15, 0.2) is 18.3 Å². The predicted molar refractivity (Wildman–Crippen MR) is 68.4 cm³/mol. The van der Waals surface area contributed by atoms with E-state index < -0.39 is 0 Å². The van der Waals surface area contributed by atoms with Gasteiger partial charge in [0.1, 0.15) is 0 Å². The second-order valence-corrected chi connectivity index (χ2v) is 3.72. The van der Waals surface area contributed by atoms with Crippen molar-refractivity contribution in [3.05, 3.63) is 29.6 Å². The van der Waals surface area contributed by atoms with Crippen LogP contribution < -0.4 is 5.32 Å². The highest BCUT2D eigenvalue weighted by Gasteiger charge is 2.11. The van der Waals surface area contributed by atoms with E-state index in [9.17, 15) is 4.79 Å². The minimum Gasteiger partial charge on any atom is -0.465 e. The van der Waals surface area contributed by atoms with E-state index in [-0.39, 0.29) is 5.97 Å². The molecule has 1 N–H and O–H groups in total. The summed E-state index contributed by atoms with van der Waals surface area (Å²) < 4.78 is 9.95. The van der Waals surface area contributed by atoms with Crippen molar-refractivity contribution in [2.45, 2.75) is 19.9 Å². The van der Waals surface area contributed by atoms with Crippen LogP contribution in [0.25, 0.3) is 0 Å². The average molecular weight is 252 g/mol. The third-order valence-electron chi connectivity index (χ3n) is 2.43. The topological polar surface area (TPSA) is 60.5 Å². The number of hydrogen-bond acceptors (Lipinski definition) is 5. The van der Waals surface area contributed by atoms with Crippen LogP contribution in [-0.4, -0.2) is 37.8 Å². The molecule has 0 radical (unpaired) electrons. The minimum atomic E-state index is -0.353. The van der Waals surface area contributed by atoms with E-state index in [0.717, 1.165) is 26.2 Å². The molecule has 1 rings (SSSR count). The molecule has 100 valence electrons. The number of methoxy groups -OCH3 is 1. The molecule has 0 atom stereocenters. The summed E-state index contributed by atoms with van der Waals surface area (Å²) in [7, 11) is 1.37. The standard InChI is InChI=1S/C13H20N2O3/c1-3-18-9-5-7-14-10-12-11(13(16)17-2)6-4-8-15-12/h4,6,8,14H,3,5,7,9-10H2,1-2H3. The Bertz CT molecular complexity index is 369. The van der Waals surface area contributed by atoms with Crippen molar-refractivity contribution in [1.82, 2.24) is 10.3 Å². The van der Waals surface area contributed by atoms with E-state index in [2.05, 4.69) is 10.3 Å². The number of aromatic nitrogens is 1. The molecular formula is C13H20N2O3. The van der Waals surface area contributed by atoms with Crippen LogP contribution in [-0.2, 0) is 16.0 Å². The van der Waals surface area contributed by atoms with Gasteiger partial charge in [-0.05, 0) is 32.0 Å². The first-order valence-corrected chi connectivity index (χ1v) is 6.10. The maximum Gasteiger partial charge on any atom is 0.339 e. The molecule has 0 aliphatic heterocycles. The van der Waals surface area contributed by atoms with Gasteiger partial charge in [-0.3, -0.25) is 4.98 Å². The molecule has 1 aromatic rings. The van der Waals surface area contributed by atoms with Crippen LogP contribution in [0.3, 0.4) is 0 Å². The van der Waals surface area contributed by atoms with Crippen LogP contribution in [0.4, 0.5) is 0 Å². The lowest BCUT2D eigenvalue weighted by Gasteiger charge is -2.08.